The lowest BCUT2D eigenvalue weighted by atomic mass is 9.86. The Labute approximate surface area is 108 Å². The van der Waals surface area contributed by atoms with Crippen LogP contribution >= 0.6 is 0 Å². The third-order valence-corrected chi connectivity index (χ3v) is 4.21. The molecule has 3 heteroatoms. The second-order valence-electron chi connectivity index (χ2n) is 6.55. The summed E-state index contributed by atoms with van der Waals surface area (Å²) in [5.74, 6) is -0.219. The highest BCUT2D eigenvalue weighted by molar-refractivity contribution is 5.92. The maximum Gasteiger partial charge on any atom is 0.340 e. The molecule has 1 fully saturated rings. The average Bonchev–Trinajstić information content (AvgIpc) is 3.06. The number of aromatic nitrogens is 1. The van der Waals surface area contributed by atoms with Gasteiger partial charge in [-0.2, -0.15) is 0 Å². The summed E-state index contributed by atoms with van der Waals surface area (Å²) in [5.41, 5.74) is 2.70. The molecule has 3 rings (SSSR count). The Morgan fingerprint density at radius 1 is 1.33 bits per heavy atom. The van der Waals surface area contributed by atoms with E-state index < -0.39 is 0 Å². The van der Waals surface area contributed by atoms with Crippen LogP contribution in [0.3, 0.4) is 0 Å². The van der Waals surface area contributed by atoms with Gasteiger partial charge in [0.2, 0.25) is 0 Å². The first-order valence-electron chi connectivity index (χ1n) is 6.57. The van der Waals surface area contributed by atoms with Crippen molar-refractivity contribution in [3.8, 4) is 0 Å². The van der Waals surface area contributed by atoms with Crippen LogP contribution in [0.5, 0.6) is 0 Å². The van der Waals surface area contributed by atoms with E-state index in [1.807, 2.05) is 19.1 Å². The van der Waals surface area contributed by atoms with Gasteiger partial charge in [0, 0.05) is 11.1 Å². The summed E-state index contributed by atoms with van der Waals surface area (Å²) in [6.45, 7) is 8.42. The SMILES string of the molecule is C[C@@H]1OC(=O)c2ccc(C(C)(C)C)nc2C12CC2. The number of rotatable bonds is 0. The van der Waals surface area contributed by atoms with Gasteiger partial charge in [0.1, 0.15) is 6.10 Å². The highest BCUT2D eigenvalue weighted by Crippen LogP contribution is 2.54. The van der Waals surface area contributed by atoms with Crippen molar-refractivity contribution in [2.75, 3.05) is 0 Å². The number of carbonyl (C=O) groups excluding carboxylic acids is 1. The highest BCUT2D eigenvalue weighted by Gasteiger charge is 2.56. The summed E-state index contributed by atoms with van der Waals surface area (Å²) in [5, 5.41) is 0. The number of ether oxygens (including phenoxy) is 1. The van der Waals surface area contributed by atoms with Gasteiger partial charge in [0.15, 0.2) is 0 Å². The molecule has 0 saturated heterocycles. The number of carbonyl (C=O) groups is 1. The van der Waals surface area contributed by atoms with Crippen molar-refractivity contribution in [2.24, 2.45) is 0 Å². The molecule has 1 aliphatic carbocycles. The number of fused-ring (bicyclic) bond motifs is 2. The first kappa shape index (κ1) is 11.7. The van der Waals surface area contributed by atoms with E-state index in [0.29, 0.717) is 5.56 Å². The Bertz CT molecular complexity index is 524. The highest BCUT2D eigenvalue weighted by atomic mass is 16.5. The van der Waals surface area contributed by atoms with Crippen LogP contribution in [0.4, 0.5) is 0 Å². The largest absolute Gasteiger partial charge is 0.458 e. The van der Waals surface area contributed by atoms with Crippen LogP contribution in [-0.2, 0) is 15.6 Å². The second-order valence-corrected chi connectivity index (χ2v) is 6.55. The Morgan fingerprint density at radius 2 is 2.00 bits per heavy atom. The summed E-state index contributed by atoms with van der Waals surface area (Å²) in [4.78, 5) is 16.7. The van der Waals surface area contributed by atoms with Crippen LogP contribution in [0.25, 0.3) is 0 Å². The number of hydrogen-bond acceptors (Lipinski definition) is 3. The molecule has 1 aliphatic heterocycles. The van der Waals surface area contributed by atoms with E-state index in [2.05, 4.69) is 20.8 Å². The lowest BCUT2D eigenvalue weighted by Gasteiger charge is -2.31. The van der Waals surface area contributed by atoms with Crippen molar-refractivity contribution in [2.45, 2.75) is 57.5 Å². The lowest BCUT2D eigenvalue weighted by Crippen LogP contribution is -2.37. The van der Waals surface area contributed by atoms with Crippen molar-refractivity contribution in [3.05, 3.63) is 29.1 Å². The minimum absolute atomic E-state index is 0.00447. The van der Waals surface area contributed by atoms with E-state index in [9.17, 15) is 4.79 Å². The molecule has 1 aromatic heterocycles. The van der Waals surface area contributed by atoms with Crippen molar-refractivity contribution >= 4 is 5.97 Å². The maximum absolute atomic E-state index is 11.9. The van der Waals surface area contributed by atoms with Crippen molar-refractivity contribution < 1.29 is 9.53 Å². The lowest BCUT2D eigenvalue weighted by molar-refractivity contribution is 0.0182. The summed E-state index contributed by atoms with van der Waals surface area (Å²) in [7, 11) is 0. The van der Waals surface area contributed by atoms with Crippen LogP contribution in [0, 0.1) is 0 Å². The number of hydrogen-bond donors (Lipinski definition) is 0. The Kier molecular flexibility index (Phi) is 2.17. The van der Waals surface area contributed by atoms with E-state index in [1.54, 1.807) is 0 Å². The van der Waals surface area contributed by atoms with Crippen LogP contribution in [0.2, 0.25) is 0 Å². The van der Waals surface area contributed by atoms with Crippen molar-refractivity contribution in [1.82, 2.24) is 4.98 Å². The van der Waals surface area contributed by atoms with Crippen molar-refractivity contribution in [3.63, 3.8) is 0 Å². The van der Waals surface area contributed by atoms with Gasteiger partial charge in [-0.15, -0.1) is 0 Å². The number of nitrogens with zero attached hydrogens (tertiary/aromatic N) is 1. The third-order valence-electron chi connectivity index (χ3n) is 4.21. The number of pyridine rings is 1. The number of esters is 1. The molecule has 1 spiro atoms. The Hall–Kier alpha value is -1.38. The molecule has 3 nitrogen and oxygen atoms in total. The predicted octanol–water partition coefficient (Wildman–Crippen LogP) is 2.97. The fourth-order valence-electron chi connectivity index (χ4n) is 2.73. The maximum atomic E-state index is 11.9. The fraction of sp³-hybridized carbons (Fsp3) is 0.600. The van der Waals surface area contributed by atoms with Gasteiger partial charge in [-0.25, -0.2) is 4.79 Å². The van der Waals surface area contributed by atoms with Crippen LogP contribution in [-0.4, -0.2) is 17.1 Å². The number of cyclic esters (lactones) is 1. The van der Waals surface area contributed by atoms with Crippen LogP contribution in [0.1, 0.15) is 62.3 Å². The molecule has 0 N–H and O–H groups in total. The fourth-order valence-corrected chi connectivity index (χ4v) is 2.73. The minimum atomic E-state index is -0.219. The molecule has 2 heterocycles. The van der Waals surface area contributed by atoms with E-state index in [-0.39, 0.29) is 22.9 Å². The molecular formula is C15H19NO2. The molecule has 0 aromatic carbocycles. The molecule has 18 heavy (non-hydrogen) atoms. The molecule has 96 valence electrons. The molecule has 0 unspecified atom stereocenters. The van der Waals surface area contributed by atoms with E-state index in [1.165, 1.54) is 0 Å². The third kappa shape index (κ3) is 1.49. The van der Waals surface area contributed by atoms with Gasteiger partial charge in [-0.3, -0.25) is 4.98 Å². The van der Waals surface area contributed by atoms with Gasteiger partial charge in [0.05, 0.1) is 16.7 Å². The standard InChI is InChI=1S/C15H19NO2/c1-9-15(7-8-15)12-10(13(17)18-9)5-6-11(16-12)14(2,3)4/h5-6,9H,7-8H2,1-4H3/t9-/m0/s1. The first-order chi connectivity index (χ1) is 8.34. The van der Waals surface area contributed by atoms with E-state index >= 15 is 0 Å². The van der Waals surface area contributed by atoms with Crippen LogP contribution in [0.15, 0.2) is 12.1 Å². The molecule has 0 amide bonds. The van der Waals surface area contributed by atoms with Gasteiger partial charge >= 0.3 is 5.97 Å². The van der Waals surface area contributed by atoms with Gasteiger partial charge in [0.25, 0.3) is 0 Å². The van der Waals surface area contributed by atoms with Crippen LogP contribution < -0.4 is 0 Å². The summed E-state index contributed by atoms with van der Waals surface area (Å²) < 4.78 is 5.44. The summed E-state index contributed by atoms with van der Waals surface area (Å²) in [6, 6.07) is 3.84. The topological polar surface area (TPSA) is 39.2 Å². The smallest absolute Gasteiger partial charge is 0.340 e. The quantitative estimate of drug-likeness (QED) is 0.660. The molecule has 1 atom stereocenters. The van der Waals surface area contributed by atoms with Gasteiger partial charge in [-0.05, 0) is 31.9 Å². The Balaban J connectivity index is 2.17. The van der Waals surface area contributed by atoms with Gasteiger partial charge in [-0.1, -0.05) is 20.8 Å². The zero-order valence-corrected chi connectivity index (χ0v) is 11.4. The zero-order chi connectivity index (χ0) is 13.1. The normalized spacial score (nSPS) is 24.7. The minimum Gasteiger partial charge on any atom is -0.458 e. The molecular weight excluding hydrogens is 226 g/mol. The average molecular weight is 245 g/mol. The second kappa shape index (κ2) is 3.34. The predicted molar refractivity (Wildman–Crippen MR) is 68.7 cm³/mol. The van der Waals surface area contributed by atoms with Crippen molar-refractivity contribution in [1.29, 1.82) is 0 Å². The van der Waals surface area contributed by atoms with E-state index in [0.717, 1.165) is 24.2 Å². The molecule has 0 radical (unpaired) electrons. The van der Waals surface area contributed by atoms with E-state index in [4.69, 9.17) is 9.72 Å². The Morgan fingerprint density at radius 3 is 2.56 bits per heavy atom. The first-order valence-corrected chi connectivity index (χ1v) is 6.57. The molecule has 0 bridgehead atoms. The van der Waals surface area contributed by atoms with Gasteiger partial charge < -0.3 is 4.74 Å². The zero-order valence-electron chi connectivity index (χ0n) is 11.4. The molecule has 1 saturated carbocycles. The monoisotopic (exact) mass is 245 g/mol. The summed E-state index contributed by atoms with van der Waals surface area (Å²) in [6.07, 6.45) is 2.12. The molecule has 1 aromatic rings. The summed E-state index contributed by atoms with van der Waals surface area (Å²) >= 11 is 0. The molecule has 2 aliphatic rings.